The molecule has 1 aliphatic carbocycles. The van der Waals surface area contributed by atoms with Gasteiger partial charge in [0.25, 0.3) is 0 Å². The molecule has 0 aliphatic heterocycles. The average Bonchev–Trinajstić information content (AvgIpc) is 2.56. The second-order valence-electron chi connectivity index (χ2n) is 4.48. The van der Waals surface area contributed by atoms with Crippen LogP contribution in [0.3, 0.4) is 0 Å². The summed E-state index contributed by atoms with van der Waals surface area (Å²) in [4.78, 5) is 22.2. The Kier molecular flexibility index (Phi) is 3.88. The molecule has 1 amide bonds. The van der Waals surface area contributed by atoms with Crippen LogP contribution in [0, 0.1) is 5.41 Å². The highest BCUT2D eigenvalue weighted by Crippen LogP contribution is 2.36. The lowest BCUT2D eigenvalue weighted by atomic mass is 9.84. The van der Waals surface area contributed by atoms with Crippen LogP contribution in [0.2, 0.25) is 0 Å². The summed E-state index contributed by atoms with van der Waals surface area (Å²) in [6, 6.07) is -0.200. The molecule has 1 rings (SSSR count). The van der Waals surface area contributed by atoms with Gasteiger partial charge in [-0.25, -0.2) is 4.79 Å². The molecule has 3 atom stereocenters. The molecule has 16 heavy (non-hydrogen) atoms. The highest BCUT2D eigenvalue weighted by molar-refractivity contribution is 5.84. The maximum atomic E-state index is 11.8. The first-order chi connectivity index (χ1) is 7.38. The maximum Gasteiger partial charge on any atom is 0.334 e. The highest BCUT2D eigenvalue weighted by atomic mass is 16.4. The van der Waals surface area contributed by atoms with E-state index in [1.54, 1.807) is 6.92 Å². The highest BCUT2D eigenvalue weighted by Gasteiger charge is 2.42. The molecule has 1 aliphatic rings. The molecule has 92 valence electrons. The summed E-state index contributed by atoms with van der Waals surface area (Å²) < 4.78 is 0. The first kappa shape index (κ1) is 12.9. The van der Waals surface area contributed by atoms with Crippen molar-refractivity contribution in [3.8, 4) is 0 Å². The van der Waals surface area contributed by atoms with Crippen LogP contribution in [-0.4, -0.2) is 40.8 Å². The SMILES string of the molecule is CC1(C(=O)NCC(O)C(=O)O)CCCC1N. The molecule has 0 heterocycles. The molecule has 0 radical (unpaired) electrons. The van der Waals surface area contributed by atoms with Gasteiger partial charge in [-0.3, -0.25) is 4.79 Å². The number of aliphatic carboxylic acids is 1. The van der Waals surface area contributed by atoms with Crippen molar-refractivity contribution < 1.29 is 19.8 Å². The Morgan fingerprint density at radius 2 is 2.25 bits per heavy atom. The van der Waals surface area contributed by atoms with Crippen LogP contribution in [0.1, 0.15) is 26.2 Å². The third-order valence-corrected chi connectivity index (χ3v) is 3.29. The second-order valence-corrected chi connectivity index (χ2v) is 4.48. The van der Waals surface area contributed by atoms with Crippen molar-refractivity contribution >= 4 is 11.9 Å². The quantitative estimate of drug-likeness (QED) is 0.498. The number of nitrogens with two attached hydrogens (primary N) is 1. The van der Waals surface area contributed by atoms with Gasteiger partial charge in [0.2, 0.25) is 5.91 Å². The van der Waals surface area contributed by atoms with Crippen molar-refractivity contribution in [2.75, 3.05) is 6.54 Å². The standard InChI is InChI=1S/C10H18N2O4/c1-10(4-2-3-7(10)11)9(16)12-5-6(13)8(14)15/h6-7,13H,2-5,11H2,1H3,(H,12,16)(H,14,15). The molecule has 0 spiro atoms. The van der Waals surface area contributed by atoms with Crippen LogP contribution in [0.5, 0.6) is 0 Å². The number of hydrogen-bond donors (Lipinski definition) is 4. The molecule has 5 N–H and O–H groups in total. The predicted octanol–water partition coefficient (Wildman–Crippen LogP) is -0.934. The Morgan fingerprint density at radius 1 is 1.62 bits per heavy atom. The largest absolute Gasteiger partial charge is 0.479 e. The normalized spacial score (nSPS) is 31.1. The van der Waals surface area contributed by atoms with Gasteiger partial charge in [0, 0.05) is 6.04 Å². The van der Waals surface area contributed by atoms with Crippen LogP contribution < -0.4 is 11.1 Å². The van der Waals surface area contributed by atoms with E-state index in [1.807, 2.05) is 0 Å². The minimum atomic E-state index is -1.56. The molecule has 0 aromatic rings. The van der Waals surface area contributed by atoms with E-state index in [0.29, 0.717) is 6.42 Å². The smallest absolute Gasteiger partial charge is 0.334 e. The fourth-order valence-corrected chi connectivity index (χ4v) is 1.95. The van der Waals surface area contributed by atoms with Gasteiger partial charge < -0.3 is 21.3 Å². The molecule has 0 aromatic heterocycles. The minimum Gasteiger partial charge on any atom is -0.479 e. The molecule has 0 bridgehead atoms. The lowest BCUT2D eigenvalue weighted by Crippen LogP contribution is -2.49. The Balaban J connectivity index is 2.49. The third-order valence-electron chi connectivity index (χ3n) is 3.29. The molecule has 1 saturated carbocycles. The van der Waals surface area contributed by atoms with Gasteiger partial charge in [-0.1, -0.05) is 6.42 Å². The van der Waals surface area contributed by atoms with E-state index in [9.17, 15) is 9.59 Å². The van der Waals surface area contributed by atoms with Gasteiger partial charge in [0.15, 0.2) is 6.10 Å². The summed E-state index contributed by atoms with van der Waals surface area (Å²) in [6.45, 7) is 1.49. The van der Waals surface area contributed by atoms with Crippen LogP contribution in [0.25, 0.3) is 0 Å². The number of aliphatic hydroxyl groups is 1. The van der Waals surface area contributed by atoms with Crippen molar-refractivity contribution in [2.45, 2.75) is 38.3 Å². The third kappa shape index (κ3) is 2.51. The first-order valence-corrected chi connectivity index (χ1v) is 5.32. The van der Waals surface area contributed by atoms with Gasteiger partial charge in [-0.05, 0) is 19.8 Å². The number of nitrogens with one attached hydrogen (secondary N) is 1. The van der Waals surface area contributed by atoms with E-state index in [1.165, 1.54) is 0 Å². The Bertz CT molecular complexity index is 295. The van der Waals surface area contributed by atoms with Crippen molar-refractivity contribution in [1.82, 2.24) is 5.32 Å². The fourth-order valence-electron chi connectivity index (χ4n) is 1.95. The van der Waals surface area contributed by atoms with E-state index in [0.717, 1.165) is 12.8 Å². The van der Waals surface area contributed by atoms with E-state index in [-0.39, 0.29) is 18.5 Å². The number of carbonyl (C=O) groups is 2. The average molecular weight is 230 g/mol. The summed E-state index contributed by atoms with van der Waals surface area (Å²) in [5.74, 6) is -1.63. The van der Waals surface area contributed by atoms with Gasteiger partial charge in [0.05, 0.1) is 12.0 Å². The Hall–Kier alpha value is -1.14. The van der Waals surface area contributed by atoms with E-state index < -0.39 is 17.5 Å². The lowest BCUT2D eigenvalue weighted by Gasteiger charge is -2.27. The molecule has 1 fully saturated rings. The second kappa shape index (κ2) is 4.80. The topological polar surface area (TPSA) is 113 Å². The zero-order valence-electron chi connectivity index (χ0n) is 9.27. The Morgan fingerprint density at radius 3 is 2.69 bits per heavy atom. The number of rotatable bonds is 4. The fraction of sp³-hybridized carbons (Fsp3) is 0.800. The number of carboxylic acid groups (broad SMARTS) is 1. The predicted molar refractivity (Wildman–Crippen MR) is 56.6 cm³/mol. The molecular formula is C10H18N2O4. The van der Waals surface area contributed by atoms with Crippen LogP contribution in [-0.2, 0) is 9.59 Å². The van der Waals surface area contributed by atoms with Gasteiger partial charge in [0.1, 0.15) is 0 Å². The van der Waals surface area contributed by atoms with E-state index >= 15 is 0 Å². The van der Waals surface area contributed by atoms with Crippen molar-refractivity contribution in [3.63, 3.8) is 0 Å². The number of carbonyl (C=O) groups excluding carboxylic acids is 1. The van der Waals surface area contributed by atoms with Crippen molar-refractivity contribution in [3.05, 3.63) is 0 Å². The zero-order chi connectivity index (χ0) is 12.3. The van der Waals surface area contributed by atoms with Gasteiger partial charge in [-0.15, -0.1) is 0 Å². The van der Waals surface area contributed by atoms with Gasteiger partial charge >= 0.3 is 5.97 Å². The van der Waals surface area contributed by atoms with Gasteiger partial charge in [-0.2, -0.15) is 0 Å². The number of carboxylic acids is 1. The summed E-state index contributed by atoms with van der Waals surface area (Å²) in [5, 5.41) is 19.9. The van der Waals surface area contributed by atoms with Crippen molar-refractivity contribution in [2.24, 2.45) is 11.1 Å². The Labute approximate surface area is 93.8 Å². The zero-order valence-corrected chi connectivity index (χ0v) is 9.27. The summed E-state index contributed by atoms with van der Waals surface area (Å²) >= 11 is 0. The molecule has 6 nitrogen and oxygen atoms in total. The van der Waals surface area contributed by atoms with E-state index in [4.69, 9.17) is 15.9 Å². The van der Waals surface area contributed by atoms with E-state index in [2.05, 4.69) is 5.32 Å². The maximum absolute atomic E-state index is 11.8. The lowest BCUT2D eigenvalue weighted by molar-refractivity contribution is -0.146. The van der Waals surface area contributed by atoms with Crippen molar-refractivity contribution in [1.29, 1.82) is 0 Å². The van der Waals surface area contributed by atoms with Crippen LogP contribution >= 0.6 is 0 Å². The molecule has 0 saturated heterocycles. The summed E-state index contributed by atoms with van der Waals surface area (Å²) in [5.41, 5.74) is 5.20. The molecule has 6 heteroatoms. The number of hydrogen-bond acceptors (Lipinski definition) is 4. The summed E-state index contributed by atoms with van der Waals surface area (Å²) in [6.07, 6.45) is 0.825. The first-order valence-electron chi connectivity index (χ1n) is 5.32. The molecule has 0 aromatic carbocycles. The molecule has 3 unspecified atom stereocenters. The number of aliphatic hydroxyl groups excluding tert-OH is 1. The summed E-state index contributed by atoms with van der Waals surface area (Å²) in [7, 11) is 0. The van der Waals surface area contributed by atoms with Crippen LogP contribution in [0.4, 0.5) is 0 Å². The minimum absolute atomic E-state index is 0.200. The van der Waals surface area contributed by atoms with Crippen LogP contribution in [0.15, 0.2) is 0 Å². The monoisotopic (exact) mass is 230 g/mol. The number of amides is 1. The molecular weight excluding hydrogens is 212 g/mol.